The maximum atomic E-state index is 11.5. The summed E-state index contributed by atoms with van der Waals surface area (Å²) in [5, 5.41) is 0. The van der Waals surface area contributed by atoms with Gasteiger partial charge in [0, 0.05) is 17.7 Å². The molecule has 3 N–H and O–H groups in total. The number of rotatable bonds is 1. The van der Waals surface area contributed by atoms with Gasteiger partial charge in [-0.3, -0.25) is 9.78 Å². The monoisotopic (exact) mass is 229 g/mol. The molecule has 2 rings (SSSR count). The van der Waals surface area contributed by atoms with Crippen molar-refractivity contribution >= 4 is 15.8 Å². The van der Waals surface area contributed by atoms with Crippen LogP contribution < -0.4 is 11.3 Å². The Bertz CT molecular complexity index is 534. The van der Waals surface area contributed by atoms with Gasteiger partial charge >= 0.3 is 0 Å². The molecule has 82 valence electrons. The molecule has 1 aromatic rings. The molecular formula is C8H11N3O3S. The highest BCUT2D eigenvalue weighted by Gasteiger charge is 2.30. The van der Waals surface area contributed by atoms with E-state index < -0.39 is 9.84 Å². The van der Waals surface area contributed by atoms with Gasteiger partial charge in [-0.1, -0.05) is 0 Å². The van der Waals surface area contributed by atoms with Crippen LogP contribution in [0.5, 0.6) is 0 Å². The second-order valence-corrected chi connectivity index (χ2v) is 5.88. The topological polar surface area (TPSA) is 106 Å². The van der Waals surface area contributed by atoms with E-state index in [1.807, 2.05) is 0 Å². The zero-order valence-corrected chi connectivity index (χ0v) is 8.75. The third-order valence-electron chi connectivity index (χ3n) is 2.52. The summed E-state index contributed by atoms with van der Waals surface area (Å²) in [5.74, 6) is -0.0279. The lowest BCUT2D eigenvalue weighted by Gasteiger charge is -2.05. The molecule has 1 saturated heterocycles. The Morgan fingerprint density at radius 2 is 2.27 bits per heavy atom. The highest BCUT2D eigenvalue weighted by atomic mass is 32.2. The van der Waals surface area contributed by atoms with Crippen LogP contribution in [-0.4, -0.2) is 29.9 Å². The van der Waals surface area contributed by atoms with Crippen molar-refractivity contribution in [2.45, 2.75) is 12.3 Å². The first kappa shape index (κ1) is 10.2. The van der Waals surface area contributed by atoms with Gasteiger partial charge in [0.1, 0.15) is 0 Å². The van der Waals surface area contributed by atoms with Crippen LogP contribution >= 0.6 is 0 Å². The first-order valence-corrected chi connectivity index (χ1v) is 6.35. The molecule has 1 unspecified atom stereocenters. The van der Waals surface area contributed by atoms with Crippen molar-refractivity contribution in [2.75, 3.05) is 17.2 Å². The Morgan fingerprint density at radius 3 is 2.80 bits per heavy atom. The van der Waals surface area contributed by atoms with Gasteiger partial charge in [-0.05, 0) is 6.42 Å². The Balaban J connectivity index is 2.36. The van der Waals surface area contributed by atoms with Crippen molar-refractivity contribution in [2.24, 2.45) is 0 Å². The van der Waals surface area contributed by atoms with Gasteiger partial charge in [-0.2, -0.15) is 0 Å². The second-order valence-electron chi connectivity index (χ2n) is 3.65. The summed E-state index contributed by atoms with van der Waals surface area (Å²) in [5.41, 5.74) is 5.36. The van der Waals surface area contributed by atoms with E-state index in [2.05, 4.69) is 9.97 Å². The molecule has 0 radical (unpaired) electrons. The molecule has 0 spiro atoms. The molecule has 7 heteroatoms. The Morgan fingerprint density at radius 1 is 1.53 bits per heavy atom. The van der Waals surface area contributed by atoms with E-state index in [0.29, 0.717) is 12.0 Å². The minimum atomic E-state index is -2.98. The summed E-state index contributed by atoms with van der Waals surface area (Å²) in [6, 6.07) is 0. The van der Waals surface area contributed by atoms with Crippen LogP contribution in [-0.2, 0) is 9.84 Å². The number of nitrogens with zero attached hydrogens (tertiary/aromatic N) is 1. The van der Waals surface area contributed by atoms with E-state index >= 15 is 0 Å². The number of H-pyrrole nitrogens is 1. The van der Waals surface area contributed by atoms with E-state index in [1.165, 1.54) is 6.20 Å². The van der Waals surface area contributed by atoms with Crippen molar-refractivity contribution in [1.29, 1.82) is 0 Å². The third-order valence-corrected chi connectivity index (χ3v) is 4.29. The van der Waals surface area contributed by atoms with Gasteiger partial charge in [0.25, 0.3) is 5.56 Å². The van der Waals surface area contributed by atoms with Crippen LogP contribution in [0.2, 0.25) is 0 Å². The molecule has 0 bridgehead atoms. The largest absolute Gasteiger partial charge is 0.369 e. The third kappa shape index (κ3) is 2.01. The molecule has 6 nitrogen and oxygen atoms in total. The Kier molecular flexibility index (Phi) is 2.26. The number of anilines is 1. The summed E-state index contributed by atoms with van der Waals surface area (Å²) >= 11 is 0. The van der Waals surface area contributed by atoms with Crippen LogP contribution in [0.4, 0.5) is 5.95 Å². The summed E-state index contributed by atoms with van der Waals surface area (Å²) in [4.78, 5) is 17.6. The van der Waals surface area contributed by atoms with E-state index in [0.717, 1.165) is 0 Å². The predicted molar refractivity (Wildman–Crippen MR) is 55.3 cm³/mol. The number of nitrogens with two attached hydrogens (primary N) is 1. The van der Waals surface area contributed by atoms with Crippen molar-refractivity contribution in [1.82, 2.24) is 9.97 Å². The number of aromatic amines is 1. The molecule has 1 fully saturated rings. The number of hydrogen-bond donors (Lipinski definition) is 2. The fourth-order valence-corrected chi connectivity index (χ4v) is 3.52. The molecule has 2 heterocycles. The first-order chi connectivity index (χ1) is 6.98. The smallest absolute Gasteiger partial charge is 0.255 e. The number of aromatic nitrogens is 2. The summed E-state index contributed by atoms with van der Waals surface area (Å²) in [6.45, 7) is 0. The minimum absolute atomic E-state index is 0.0294. The number of hydrogen-bond acceptors (Lipinski definition) is 5. The zero-order chi connectivity index (χ0) is 11.1. The van der Waals surface area contributed by atoms with E-state index in [4.69, 9.17) is 5.73 Å². The van der Waals surface area contributed by atoms with Crippen LogP contribution in [0.1, 0.15) is 17.9 Å². The number of sulfone groups is 1. The quantitative estimate of drug-likeness (QED) is 0.659. The molecule has 15 heavy (non-hydrogen) atoms. The SMILES string of the molecule is Nc1ncc(C2CCS(=O)(=O)C2)c(=O)[nH]1. The second kappa shape index (κ2) is 3.34. The Labute approximate surface area is 86.5 Å². The van der Waals surface area contributed by atoms with Gasteiger partial charge in [0.15, 0.2) is 15.8 Å². The van der Waals surface area contributed by atoms with Crippen molar-refractivity contribution < 1.29 is 8.42 Å². The zero-order valence-electron chi connectivity index (χ0n) is 7.93. The van der Waals surface area contributed by atoms with Crippen LogP contribution in [0.3, 0.4) is 0 Å². The summed E-state index contributed by atoms with van der Waals surface area (Å²) in [7, 11) is -2.98. The molecule has 0 amide bonds. The summed E-state index contributed by atoms with van der Waals surface area (Å²) in [6.07, 6.45) is 1.84. The molecule has 1 aliphatic rings. The van der Waals surface area contributed by atoms with Gasteiger partial charge in [-0.15, -0.1) is 0 Å². The lowest BCUT2D eigenvalue weighted by molar-refractivity contribution is 0.601. The number of nitrogen functional groups attached to an aromatic ring is 1. The fraction of sp³-hybridized carbons (Fsp3) is 0.500. The van der Waals surface area contributed by atoms with Gasteiger partial charge < -0.3 is 5.73 Å². The van der Waals surface area contributed by atoms with Crippen molar-refractivity contribution in [3.8, 4) is 0 Å². The predicted octanol–water partition coefficient (Wildman–Crippen LogP) is -0.746. The maximum Gasteiger partial charge on any atom is 0.255 e. The summed E-state index contributed by atoms with van der Waals surface area (Å²) < 4.78 is 22.5. The van der Waals surface area contributed by atoms with Crippen LogP contribution in [0.15, 0.2) is 11.0 Å². The maximum absolute atomic E-state index is 11.5. The Hall–Kier alpha value is -1.37. The van der Waals surface area contributed by atoms with Crippen molar-refractivity contribution in [3.05, 3.63) is 22.1 Å². The molecule has 0 aliphatic carbocycles. The lowest BCUT2D eigenvalue weighted by atomic mass is 10.0. The van der Waals surface area contributed by atoms with Gasteiger partial charge in [0.05, 0.1) is 11.5 Å². The van der Waals surface area contributed by atoms with E-state index in [-0.39, 0.29) is 28.9 Å². The fourth-order valence-electron chi connectivity index (χ4n) is 1.75. The highest BCUT2D eigenvalue weighted by molar-refractivity contribution is 7.91. The molecule has 1 atom stereocenters. The molecule has 0 saturated carbocycles. The van der Waals surface area contributed by atoms with Gasteiger partial charge in [0.2, 0.25) is 0 Å². The average molecular weight is 229 g/mol. The van der Waals surface area contributed by atoms with Gasteiger partial charge in [-0.25, -0.2) is 13.4 Å². The molecular weight excluding hydrogens is 218 g/mol. The van der Waals surface area contributed by atoms with Crippen molar-refractivity contribution in [3.63, 3.8) is 0 Å². The minimum Gasteiger partial charge on any atom is -0.369 e. The number of nitrogens with one attached hydrogen (secondary N) is 1. The average Bonchev–Trinajstić information content (AvgIpc) is 2.46. The lowest BCUT2D eigenvalue weighted by Crippen LogP contribution is -2.19. The van der Waals surface area contributed by atoms with E-state index in [1.54, 1.807) is 0 Å². The van der Waals surface area contributed by atoms with E-state index in [9.17, 15) is 13.2 Å². The van der Waals surface area contributed by atoms with Crippen LogP contribution in [0.25, 0.3) is 0 Å². The molecule has 0 aromatic carbocycles. The van der Waals surface area contributed by atoms with Crippen LogP contribution in [0, 0.1) is 0 Å². The standard InChI is InChI=1S/C8H11N3O3S/c9-8-10-3-6(7(12)11-8)5-1-2-15(13,14)4-5/h3,5H,1-2,4H2,(H3,9,10,11,12). The molecule has 1 aromatic heterocycles. The normalized spacial score (nSPS) is 24.1. The first-order valence-electron chi connectivity index (χ1n) is 4.53. The highest BCUT2D eigenvalue weighted by Crippen LogP contribution is 2.26. The molecule has 1 aliphatic heterocycles.